The largest absolute Gasteiger partial charge is 0.325 e. The third-order valence-corrected chi connectivity index (χ3v) is 5.09. The van der Waals surface area contributed by atoms with Crippen molar-refractivity contribution in [3.05, 3.63) is 52.0 Å². The molecule has 0 aliphatic carbocycles. The third kappa shape index (κ3) is 4.37. The number of hydrogen-bond donors (Lipinski definition) is 2. The highest BCUT2D eigenvalue weighted by molar-refractivity contribution is 7.92. The highest BCUT2D eigenvalue weighted by Gasteiger charge is 2.18. The van der Waals surface area contributed by atoms with Gasteiger partial charge >= 0.3 is 0 Å². The summed E-state index contributed by atoms with van der Waals surface area (Å²) in [5.74, 6) is -0.272. The van der Waals surface area contributed by atoms with E-state index in [2.05, 4.69) is 10.0 Å². The lowest BCUT2D eigenvalue weighted by molar-refractivity contribution is -0.114. The molecular formula is C15H14Cl2N2O3S. The van der Waals surface area contributed by atoms with Gasteiger partial charge in [0.2, 0.25) is 5.91 Å². The lowest BCUT2D eigenvalue weighted by Gasteiger charge is -2.12. The van der Waals surface area contributed by atoms with E-state index in [4.69, 9.17) is 23.2 Å². The van der Waals surface area contributed by atoms with Gasteiger partial charge in [-0.2, -0.15) is 0 Å². The van der Waals surface area contributed by atoms with Crippen LogP contribution in [0.25, 0.3) is 0 Å². The fourth-order valence-electron chi connectivity index (χ4n) is 1.90. The van der Waals surface area contributed by atoms with Crippen LogP contribution in [0.15, 0.2) is 41.3 Å². The molecule has 2 aromatic rings. The second kappa shape index (κ2) is 6.78. The van der Waals surface area contributed by atoms with Crippen LogP contribution in [0.5, 0.6) is 0 Å². The summed E-state index contributed by atoms with van der Waals surface area (Å²) in [6, 6.07) is 9.09. The number of rotatable bonds is 4. The number of sulfonamides is 1. The van der Waals surface area contributed by atoms with Gasteiger partial charge in [0.15, 0.2) is 0 Å². The van der Waals surface area contributed by atoms with Gasteiger partial charge in [-0.1, -0.05) is 29.3 Å². The number of anilines is 2. The predicted molar refractivity (Wildman–Crippen MR) is 92.8 cm³/mol. The minimum absolute atomic E-state index is 0.0215. The van der Waals surface area contributed by atoms with Gasteiger partial charge in [0.25, 0.3) is 10.0 Å². The van der Waals surface area contributed by atoms with Gasteiger partial charge in [0.1, 0.15) is 4.90 Å². The third-order valence-electron chi connectivity index (χ3n) is 2.91. The molecule has 0 aliphatic heterocycles. The Kier molecular flexibility index (Phi) is 5.19. The van der Waals surface area contributed by atoms with Crippen LogP contribution in [0.3, 0.4) is 0 Å². The molecule has 2 N–H and O–H groups in total. The van der Waals surface area contributed by atoms with E-state index >= 15 is 0 Å². The summed E-state index contributed by atoms with van der Waals surface area (Å²) in [5, 5.41) is 2.90. The highest BCUT2D eigenvalue weighted by atomic mass is 35.5. The topological polar surface area (TPSA) is 75.3 Å². The van der Waals surface area contributed by atoms with E-state index < -0.39 is 10.0 Å². The molecule has 0 radical (unpaired) electrons. The molecule has 1 amide bonds. The first-order valence-corrected chi connectivity index (χ1v) is 8.79. The summed E-state index contributed by atoms with van der Waals surface area (Å²) in [4.78, 5) is 11.0. The van der Waals surface area contributed by atoms with E-state index in [9.17, 15) is 13.2 Å². The molecule has 8 heteroatoms. The Bertz CT molecular complexity index is 867. The second-order valence-corrected chi connectivity index (χ2v) is 7.38. The summed E-state index contributed by atoms with van der Waals surface area (Å²) in [6.45, 7) is 3.17. The van der Waals surface area contributed by atoms with E-state index in [-0.39, 0.29) is 26.5 Å². The zero-order chi connectivity index (χ0) is 17.2. The highest BCUT2D eigenvalue weighted by Crippen LogP contribution is 2.29. The van der Waals surface area contributed by atoms with Crippen molar-refractivity contribution in [3.63, 3.8) is 0 Å². The van der Waals surface area contributed by atoms with Gasteiger partial charge in [-0.05, 0) is 42.8 Å². The molecule has 0 saturated carbocycles. The van der Waals surface area contributed by atoms with Gasteiger partial charge in [0, 0.05) is 6.92 Å². The zero-order valence-electron chi connectivity index (χ0n) is 12.4. The van der Waals surface area contributed by atoms with Crippen LogP contribution in [-0.2, 0) is 14.8 Å². The van der Waals surface area contributed by atoms with Crippen LogP contribution in [0, 0.1) is 6.92 Å². The first kappa shape index (κ1) is 17.6. The van der Waals surface area contributed by atoms with Crippen molar-refractivity contribution in [1.82, 2.24) is 0 Å². The predicted octanol–water partition coefficient (Wildman–Crippen LogP) is 4.06. The molecule has 0 aromatic heterocycles. The molecule has 2 aromatic carbocycles. The number of benzene rings is 2. The molecule has 23 heavy (non-hydrogen) atoms. The molecule has 0 bridgehead atoms. The van der Waals surface area contributed by atoms with Crippen LogP contribution in [0.1, 0.15) is 12.5 Å². The van der Waals surface area contributed by atoms with Gasteiger partial charge in [0.05, 0.1) is 21.4 Å². The molecule has 0 fully saturated rings. The fourth-order valence-corrected chi connectivity index (χ4v) is 3.78. The molecule has 5 nitrogen and oxygen atoms in total. The number of aryl methyl sites for hydroxylation is 1. The van der Waals surface area contributed by atoms with Crippen LogP contribution in [-0.4, -0.2) is 14.3 Å². The van der Waals surface area contributed by atoms with Gasteiger partial charge in [-0.25, -0.2) is 8.42 Å². The molecule has 122 valence electrons. The maximum Gasteiger partial charge on any atom is 0.263 e. The minimum atomic E-state index is -3.84. The van der Waals surface area contributed by atoms with Crippen molar-refractivity contribution < 1.29 is 13.2 Å². The summed E-state index contributed by atoms with van der Waals surface area (Å²) in [6.07, 6.45) is 0. The average Bonchev–Trinajstić information content (AvgIpc) is 2.40. The summed E-state index contributed by atoms with van der Waals surface area (Å²) in [5.41, 5.74) is 1.52. The normalized spacial score (nSPS) is 11.1. The Morgan fingerprint density at radius 1 is 1.04 bits per heavy atom. The monoisotopic (exact) mass is 372 g/mol. The molecule has 0 unspecified atom stereocenters. The Hall–Kier alpha value is -1.76. The zero-order valence-corrected chi connectivity index (χ0v) is 14.7. The Balaban J connectivity index is 2.30. The van der Waals surface area contributed by atoms with Crippen molar-refractivity contribution in [2.75, 3.05) is 10.0 Å². The van der Waals surface area contributed by atoms with E-state index in [1.165, 1.54) is 31.2 Å². The van der Waals surface area contributed by atoms with Crippen LogP contribution < -0.4 is 10.0 Å². The van der Waals surface area contributed by atoms with Crippen LogP contribution in [0.4, 0.5) is 11.4 Å². The summed E-state index contributed by atoms with van der Waals surface area (Å²) in [7, 11) is -3.84. The number of halogens is 2. The summed E-state index contributed by atoms with van der Waals surface area (Å²) >= 11 is 12.0. The van der Waals surface area contributed by atoms with E-state index in [1.54, 1.807) is 12.1 Å². The van der Waals surface area contributed by atoms with Gasteiger partial charge in [-0.3, -0.25) is 9.52 Å². The first-order valence-electron chi connectivity index (χ1n) is 6.55. The molecule has 0 spiro atoms. The van der Waals surface area contributed by atoms with Crippen molar-refractivity contribution in [2.24, 2.45) is 0 Å². The first-order chi connectivity index (χ1) is 10.7. The second-order valence-electron chi connectivity index (χ2n) is 4.92. The Morgan fingerprint density at radius 3 is 2.30 bits per heavy atom. The minimum Gasteiger partial charge on any atom is -0.325 e. The number of carbonyl (C=O) groups excluding carboxylic acids is 1. The molecular weight excluding hydrogens is 359 g/mol. The SMILES string of the molecule is CC(=O)Nc1ccc(NS(=O)(=O)c2ccc(C)cc2Cl)cc1Cl. The Morgan fingerprint density at radius 2 is 1.74 bits per heavy atom. The van der Waals surface area contributed by atoms with Crippen molar-refractivity contribution in [1.29, 1.82) is 0 Å². The van der Waals surface area contributed by atoms with Crippen LogP contribution in [0.2, 0.25) is 10.0 Å². The van der Waals surface area contributed by atoms with Crippen molar-refractivity contribution in [2.45, 2.75) is 18.7 Å². The number of hydrogen-bond acceptors (Lipinski definition) is 3. The molecule has 0 saturated heterocycles. The molecule has 2 rings (SSSR count). The average molecular weight is 373 g/mol. The van der Waals surface area contributed by atoms with Gasteiger partial charge < -0.3 is 5.32 Å². The smallest absolute Gasteiger partial charge is 0.263 e. The number of carbonyl (C=O) groups is 1. The quantitative estimate of drug-likeness (QED) is 0.849. The number of nitrogens with one attached hydrogen (secondary N) is 2. The Labute approximate surface area is 144 Å². The lowest BCUT2D eigenvalue weighted by atomic mass is 10.2. The molecule has 0 atom stereocenters. The van der Waals surface area contributed by atoms with E-state index in [0.29, 0.717) is 5.69 Å². The maximum atomic E-state index is 12.4. The van der Waals surface area contributed by atoms with Crippen molar-refractivity contribution >= 4 is 50.5 Å². The standard InChI is InChI=1S/C15H14Cl2N2O3S/c1-9-3-6-15(13(17)7-9)23(21,22)19-11-4-5-14(12(16)8-11)18-10(2)20/h3-8,19H,1-2H3,(H,18,20). The van der Waals surface area contributed by atoms with Gasteiger partial charge in [-0.15, -0.1) is 0 Å². The van der Waals surface area contributed by atoms with Crippen molar-refractivity contribution in [3.8, 4) is 0 Å². The molecule has 0 aliphatic rings. The fraction of sp³-hybridized carbons (Fsp3) is 0.133. The van der Waals surface area contributed by atoms with Crippen LogP contribution >= 0.6 is 23.2 Å². The van der Waals surface area contributed by atoms with E-state index in [1.807, 2.05) is 6.92 Å². The number of amides is 1. The summed E-state index contributed by atoms with van der Waals surface area (Å²) < 4.78 is 27.2. The molecule has 0 heterocycles. The lowest BCUT2D eigenvalue weighted by Crippen LogP contribution is -2.14. The van der Waals surface area contributed by atoms with E-state index in [0.717, 1.165) is 5.56 Å². The maximum absolute atomic E-state index is 12.4.